The predicted octanol–water partition coefficient (Wildman–Crippen LogP) is 3.11. The highest BCUT2D eigenvalue weighted by atomic mass is 16.5. The van der Waals surface area contributed by atoms with Crippen LogP contribution in [0.2, 0.25) is 0 Å². The van der Waals surface area contributed by atoms with E-state index in [1.165, 1.54) is 0 Å². The molecule has 0 unspecified atom stereocenters. The Balaban J connectivity index is 2.04. The average molecular weight is 364 g/mol. The zero-order valence-electron chi connectivity index (χ0n) is 15.4. The number of esters is 1. The smallest absolute Gasteiger partial charge is 0.343 e. The Morgan fingerprint density at radius 3 is 2.63 bits per heavy atom. The van der Waals surface area contributed by atoms with E-state index >= 15 is 0 Å². The molecule has 138 valence electrons. The van der Waals surface area contributed by atoms with Crippen molar-refractivity contribution in [1.29, 1.82) is 0 Å². The fourth-order valence-electron chi connectivity index (χ4n) is 2.68. The first-order valence-electron chi connectivity index (χ1n) is 8.57. The molecule has 0 saturated carbocycles. The van der Waals surface area contributed by atoms with Gasteiger partial charge in [-0.25, -0.2) is 14.8 Å². The first-order chi connectivity index (χ1) is 13.0. The molecule has 0 aliphatic carbocycles. The molecule has 1 aromatic heterocycles. The molecule has 27 heavy (non-hydrogen) atoms. The third-order valence-electron chi connectivity index (χ3n) is 3.90. The van der Waals surface area contributed by atoms with Gasteiger partial charge in [-0.3, -0.25) is 4.79 Å². The van der Waals surface area contributed by atoms with Crippen molar-refractivity contribution in [1.82, 2.24) is 10.3 Å². The van der Waals surface area contributed by atoms with Crippen molar-refractivity contribution < 1.29 is 14.3 Å². The number of pyridine rings is 1. The number of hydrogen-bond acceptors (Lipinski definition) is 6. The normalized spacial score (nSPS) is 13.1. The van der Waals surface area contributed by atoms with E-state index in [1.807, 2.05) is 18.2 Å². The van der Waals surface area contributed by atoms with E-state index in [0.29, 0.717) is 11.4 Å². The van der Waals surface area contributed by atoms with Crippen LogP contribution in [-0.4, -0.2) is 29.3 Å². The predicted molar refractivity (Wildman–Crippen MR) is 103 cm³/mol. The van der Waals surface area contributed by atoms with Crippen molar-refractivity contribution in [2.24, 2.45) is 4.99 Å². The van der Waals surface area contributed by atoms with Gasteiger partial charge in [0, 0.05) is 11.4 Å². The number of ether oxygens (including phenoxy) is 1. The van der Waals surface area contributed by atoms with Crippen molar-refractivity contribution in [3.8, 4) is 0 Å². The SMILES string of the molecule is CCOC(=O)C1=C(C)Nc2ccccc2N=C1NC(=O)c1cccc(C)n1. The maximum Gasteiger partial charge on any atom is 0.343 e. The van der Waals surface area contributed by atoms with Crippen molar-refractivity contribution in [2.45, 2.75) is 20.8 Å². The molecule has 7 heteroatoms. The number of aliphatic imine (C=N–C) groups is 1. The minimum absolute atomic E-state index is 0.122. The van der Waals surface area contributed by atoms with Gasteiger partial charge < -0.3 is 15.4 Å². The second-order valence-corrected chi connectivity index (χ2v) is 5.94. The molecule has 2 N–H and O–H groups in total. The number of para-hydroxylation sites is 2. The number of rotatable bonds is 3. The van der Waals surface area contributed by atoms with Gasteiger partial charge in [-0.15, -0.1) is 0 Å². The van der Waals surface area contributed by atoms with E-state index in [4.69, 9.17) is 4.74 Å². The number of fused-ring (bicyclic) bond motifs is 1. The van der Waals surface area contributed by atoms with Crippen LogP contribution < -0.4 is 10.6 Å². The highest BCUT2D eigenvalue weighted by Crippen LogP contribution is 2.30. The fourth-order valence-corrected chi connectivity index (χ4v) is 2.68. The summed E-state index contributed by atoms with van der Waals surface area (Å²) in [6.07, 6.45) is 0. The Kier molecular flexibility index (Phi) is 5.30. The largest absolute Gasteiger partial charge is 0.462 e. The van der Waals surface area contributed by atoms with Crippen LogP contribution in [0.25, 0.3) is 0 Å². The van der Waals surface area contributed by atoms with Gasteiger partial charge in [-0.1, -0.05) is 18.2 Å². The van der Waals surface area contributed by atoms with E-state index in [2.05, 4.69) is 20.6 Å². The summed E-state index contributed by atoms with van der Waals surface area (Å²) in [4.78, 5) is 33.9. The number of carbonyl (C=O) groups is 2. The van der Waals surface area contributed by atoms with Crippen LogP contribution in [-0.2, 0) is 9.53 Å². The second-order valence-electron chi connectivity index (χ2n) is 5.94. The molecule has 0 bridgehead atoms. The molecule has 2 heterocycles. The topological polar surface area (TPSA) is 92.7 Å². The summed E-state index contributed by atoms with van der Waals surface area (Å²) in [6, 6.07) is 12.5. The van der Waals surface area contributed by atoms with Gasteiger partial charge in [0.2, 0.25) is 0 Å². The van der Waals surface area contributed by atoms with Crippen LogP contribution >= 0.6 is 0 Å². The molecule has 1 aliphatic heterocycles. The summed E-state index contributed by atoms with van der Waals surface area (Å²) in [5.74, 6) is -0.894. The van der Waals surface area contributed by atoms with E-state index in [0.717, 1.165) is 11.4 Å². The lowest BCUT2D eigenvalue weighted by molar-refractivity contribution is -0.137. The quantitative estimate of drug-likeness (QED) is 0.817. The molecule has 0 radical (unpaired) electrons. The molecule has 2 aromatic rings. The summed E-state index contributed by atoms with van der Waals surface area (Å²) in [5, 5.41) is 5.87. The minimum atomic E-state index is -0.563. The number of amidine groups is 1. The van der Waals surface area contributed by atoms with Gasteiger partial charge in [0.25, 0.3) is 5.91 Å². The van der Waals surface area contributed by atoms with Gasteiger partial charge in [0.1, 0.15) is 17.1 Å². The highest BCUT2D eigenvalue weighted by molar-refractivity contribution is 6.25. The number of allylic oxidation sites excluding steroid dienone is 1. The Labute approximate surface area is 157 Å². The summed E-state index contributed by atoms with van der Waals surface area (Å²) < 4.78 is 5.16. The number of anilines is 1. The zero-order chi connectivity index (χ0) is 19.4. The molecule has 0 fully saturated rings. The van der Waals surface area contributed by atoms with Gasteiger partial charge >= 0.3 is 5.97 Å². The number of benzene rings is 1. The molecular formula is C20H20N4O3. The number of carbonyl (C=O) groups excluding carboxylic acids is 2. The molecule has 3 rings (SSSR count). The van der Waals surface area contributed by atoms with Crippen molar-refractivity contribution in [3.05, 3.63) is 65.1 Å². The summed E-state index contributed by atoms with van der Waals surface area (Å²) in [6.45, 7) is 5.47. The molecule has 1 aliphatic rings. The van der Waals surface area contributed by atoms with E-state index in [9.17, 15) is 9.59 Å². The van der Waals surface area contributed by atoms with E-state index < -0.39 is 11.9 Å². The van der Waals surface area contributed by atoms with Crippen LogP contribution in [0.15, 0.2) is 58.7 Å². The van der Waals surface area contributed by atoms with Crippen LogP contribution in [0.3, 0.4) is 0 Å². The van der Waals surface area contributed by atoms with Crippen LogP contribution in [0.4, 0.5) is 11.4 Å². The minimum Gasteiger partial charge on any atom is -0.462 e. The molecular weight excluding hydrogens is 344 g/mol. The second kappa shape index (κ2) is 7.82. The maximum absolute atomic E-state index is 12.7. The number of nitrogens with one attached hydrogen (secondary N) is 2. The third kappa shape index (κ3) is 4.03. The first-order valence-corrected chi connectivity index (χ1v) is 8.57. The zero-order valence-corrected chi connectivity index (χ0v) is 15.4. The summed E-state index contributed by atoms with van der Waals surface area (Å²) >= 11 is 0. The van der Waals surface area contributed by atoms with Gasteiger partial charge in [-0.2, -0.15) is 0 Å². The van der Waals surface area contributed by atoms with Crippen molar-refractivity contribution in [3.63, 3.8) is 0 Å². The number of amides is 1. The Hall–Kier alpha value is -3.48. The average Bonchev–Trinajstić information content (AvgIpc) is 2.77. The lowest BCUT2D eigenvalue weighted by Crippen LogP contribution is -2.36. The summed E-state index contributed by atoms with van der Waals surface area (Å²) in [5.41, 5.74) is 3.00. The fraction of sp³-hybridized carbons (Fsp3) is 0.200. The van der Waals surface area contributed by atoms with E-state index in [-0.39, 0.29) is 23.7 Å². The van der Waals surface area contributed by atoms with Crippen LogP contribution in [0.1, 0.15) is 30.0 Å². The van der Waals surface area contributed by atoms with Gasteiger partial charge in [-0.05, 0) is 45.0 Å². The van der Waals surface area contributed by atoms with Crippen molar-refractivity contribution in [2.75, 3.05) is 11.9 Å². The van der Waals surface area contributed by atoms with Gasteiger partial charge in [0.15, 0.2) is 0 Å². The lowest BCUT2D eigenvalue weighted by atomic mass is 10.1. The Morgan fingerprint density at radius 1 is 1.11 bits per heavy atom. The summed E-state index contributed by atoms with van der Waals surface area (Å²) in [7, 11) is 0. The highest BCUT2D eigenvalue weighted by Gasteiger charge is 2.26. The molecule has 0 atom stereocenters. The third-order valence-corrected chi connectivity index (χ3v) is 3.90. The molecule has 0 spiro atoms. The van der Waals surface area contributed by atoms with E-state index in [1.54, 1.807) is 45.0 Å². The lowest BCUT2D eigenvalue weighted by Gasteiger charge is -2.13. The number of nitrogens with zero attached hydrogens (tertiary/aromatic N) is 2. The Morgan fingerprint density at radius 2 is 1.89 bits per heavy atom. The number of aromatic nitrogens is 1. The van der Waals surface area contributed by atoms with Crippen LogP contribution in [0, 0.1) is 6.92 Å². The molecule has 7 nitrogen and oxygen atoms in total. The van der Waals surface area contributed by atoms with Gasteiger partial charge in [0.05, 0.1) is 18.0 Å². The molecule has 0 saturated heterocycles. The standard InChI is InChI=1S/C20H20N4O3/c1-4-27-20(26)17-13(3)22-14-9-5-6-10-15(14)23-18(17)24-19(25)16-11-7-8-12(2)21-16/h5-11,22H,4H2,1-3H3,(H,23,24,25). The van der Waals surface area contributed by atoms with Crippen molar-refractivity contribution >= 4 is 29.1 Å². The molecule has 1 amide bonds. The number of hydrogen-bond donors (Lipinski definition) is 2. The molecule has 1 aromatic carbocycles. The number of aryl methyl sites for hydroxylation is 1. The van der Waals surface area contributed by atoms with Crippen LogP contribution in [0.5, 0.6) is 0 Å². The Bertz CT molecular complexity index is 963. The maximum atomic E-state index is 12.7. The first kappa shape index (κ1) is 18.3. The monoisotopic (exact) mass is 364 g/mol.